The fourth-order valence-electron chi connectivity index (χ4n) is 2.66. The summed E-state index contributed by atoms with van der Waals surface area (Å²) in [6.45, 7) is 6.56. The Balaban J connectivity index is 1.74. The molecule has 0 spiro atoms. The zero-order chi connectivity index (χ0) is 19.7. The molecule has 0 saturated heterocycles. The standard InChI is InChI=1S/C20H22FN3O2S/c1-20(2,3)16-7-9-18(10-8-16)27(25,26)23-19-11-12-24(22-19)14-15-5-4-6-17(21)13-15/h4-13H,14H2,1-3H3,(H,22,23). The maximum atomic E-state index is 13.3. The largest absolute Gasteiger partial charge is 0.266 e. The Morgan fingerprint density at radius 2 is 1.78 bits per heavy atom. The summed E-state index contributed by atoms with van der Waals surface area (Å²) in [5, 5.41) is 4.21. The molecule has 2 aromatic carbocycles. The van der Waals surface area contributed by atoms with Crippen LogP contribution in [0.2, 0.25) is 0 Å². The van der Waals surface area contributed by atoms with Crippen molar-refractivity contribution < 1.29 is 12.8 Å². The van der Waals surface area contributed by atoms with E-state index in [-0.39, 0.29) is 21.9 Å². The molecule has 0 fully saturated rings. The van der Waals surface area contributed by atoms with Gasteiger partial charge in [0, 0.05) is 12.3 Å². The Labute approximate surface area is 158 Å². The molecule has 0 aliphatic heterocycles. The molecule has 0 amide bonds. The van der Waals surface area contributed by atoms with Crippen LogP contribution in [0, 0.1) is 5.82 Å². The third-order valence-electron chi connectivity index (χ3n) is 4.14. The Morgan fingerprint density at radius 3 is 2.41 bits per heavy atom. The zero-order valence-corrected chi connectivity index (χ0v) is 16.3. The second kappa shape index (κ2) is 7.15. The summed E-state index contributed by atoms with van der Waals surface area (Å²) in [5.74, 6) is -0.106. The number of halogens is 1. The molecule has 5 nitrogen and oxygen atoms in total. The second-order valence-electron chi connectivity index (χ2n) is 7.41. The molecule has 3 aromatic rings. The van der Waals surface area contributed by atoms with E-state index in [1.54, 1.807) is 41.2 Å². The van der Waals surface area contributed by atoms with Crippen molar-refractivity contribution in [3.63, 3.8) is 0 Å². The number of anilines is 1. The predicted molar refractivity (Wildman–Crippen MR) is 104 cm³/mol. The van der Waals surface area contributed by atoms with E-state index in [1.807, 2.05) is 12.1 Å². The Bertz CT molecular complexity index is 1040. The summed E-state index contributed by atoms with van der Waals surface area (Å²) in [7, 11) is -3.73. The van der Waals surface area contributed by atoms with Crippen molar-refractivity contribution in [1.29, 1.82) is 0 Å². The molecule has 0 bridgehead atoms. The highest BCUT2D eigenvalue weighted by atomic mass is 32.2. The van der Waals surface area contributed by atoms with Gasteiger partial charge < -0.3 is 0 Å². The number of hydrogen-bond acceptors (Lipinski definition) is 3. The quantitative estimate of drug-likeness (QED) is 0.715. The minimum absolute atomic E-state index is 0.0502. The van der Waals surface area contributed by atoms with Crippen molar-refractivity contribution in [2.24, 2.45) is 0 Å². The molecule has 1 aromatic heterocycles. The van der Waals surface area contributed by atoms with E-state index in [2.05, 4.69) is 30.6 Å². The van der Waals surface area contributed by atoms with E-state index in [0.717, 1.165) is 11.1 Å². The van der Waals surface area contributed by atoms with E-state index in [9.17, 15) is 12.8 Å². The first kappa shape index (κ1) is 19.1. The molecule has 1 heterocycles. The van der Waals surface area contributed by atoms with Crippen LogP contribution in [0.4, 0.5) is 10.2 Å². The van der Waals surface area contributed by atoms with Gasteiger partial charge in [0.1, 0.15) is 5.82 Å². The number of benzene rings is 2. The van der Waals surface area contributed by atoms with Crippen molar-refractivity contribution >= 4 is 15.8 Å². The normalized spacial score (nSPS) is 12.1. The summed E-state index contributed by atoms with van der Waals surface area (Å²) < 4.78 is 42.4. The van der Waals surface area contributed by atoms with Crippen molar-refractivity contribution in [3.05, 3.63) is 77.7 Å². The van der Waals surface area contributed by atoms with Crippen molar-refractivity contribution in [2.45, 2.75) is 37.6 Å². The molecule has 0 atom stereocenters. The Hall–Kier alpha value is -2.67. The molecule has 0 radical (unpaired) electrons. The van der Waals surface area contributed by atoms with Gasteiger partial charge in [-0.2, -0.15) is 5.10 Å². The zero-order valence-electron chi connectivity index (χ0n) is 15.5. The maximum Gasteiger partial charge on any atom is 0.263 e. The molecule has 0 aliphatic carbocycles. The third kappa shape index (κ3) is 4.74. The van der Waals surface area contributed by atoms with Crippen molar-refractivity contribution in [1.82, 2.24) is 9.78 Å². The highest BCUT2D eigenvalue weighted by Gasteiger charge is 2.18. The SMILES string of the molecule is CC(C)(C)c1ccc(S(=O)(=O)Nc2ccn(Cc3cccc(F)c3)n2)cc1. The van der Waals surface area contributed by atoms with Gasteiger partial charge in [-0.15, -0.1) is 0 Å². The molecule has 3 rings (SSSR count). The monoisotopic (exact) mass is 387 g/mol. The average Bonchev–Trinajstić information content (AvgIpc) is 3.00. The van der Waals surface area contributed by atoms with Crippen LogP contribution in [0.25, 0.3) is 0 Å². The third-order valence-corrected chi connectivity index (χ3v) is 5.51. The first-order chi connectivity index (χ1) is 12.6. The van der Waals surface area contributed by atoms with E-state index < -0.39 is 10.0 Å². The van der Waals surface area contributed by atoms with E-state index >= 15 is 0 Å². The van der Waals surface area contributed by atoms with Gasteiger partial charge in [0.15, 0.2) is 5.82 Å². The topological polar surface area (TPSA) is 64.0 Å². The van der Waals surface area contributed by atoms with Gasteiger partial charge >= 0.3 is 0 Å². The van der Waals surface area contributed by atoms with Crippen LogP contribution >= 0.6 is 0 Å². The summed E-state index contributed by atoms with van der Waals surface area (Å²) in [6, 6.07) is 14.6. The van der Waals surface area contributed by atoms with Crippen LogP contribution in [0.5, 0.6) is 0 Å². The molecular weight excluding hydrogens is 365 g/mol. The minimum atomic E-state index is -3.73. The van der Waals surface area contributed by atoms with Gasteiger partial charge in [0.05, 0.1) is 11.4 Å². The molecule has 7 heteroatoms. The van der Waals surface area contributed by atoms with Gasteiger partial charge in [0.25, 0.3) is 10.0 Å². The van der Waals surface area contributed by atoms with E-state index in [0.29, 0.717) is 6.54 Å². The molecule has 27 heavy (non-hydrogen) atoms. The van der Waals surface area contributed by atoms with Crippen molar-refractivity contribution in [2.75, 3.05) is 4.72 Å². The van der Waals surface area contributed by atoms with Crippen LogP contribution in [-0.4, -0.2) is 18.2 Å². The van der Waals surface area contributed by atoms with Gasteiger partial charge in [-0.1, -0.05) is 45.0 Å². The lowest BCUT2D eigenvalue weighted by Crippen LogP contribution is -2.15. The number of aromatic nitrogens is 2. The maximum absolute atomic E-state index is 13.3. The molecule has 0 aliphatic rings. The van der Waals surface area contributed by atoms with Gasteiger partial charge in [-0.25, -0.2) is 12.8 Å². The summed E-state index contributed by atoms with van der Waals surface area (Å²) in [5.41, 5.74) is 1.75. The van der Waals surface area contributed by atoms with Crippen LogP contribution in [0.15, 0.2) is 65.7 Å². The van der Waals surface area contributed by atoms with E-state index in [1.165, 1.54) is 12.1 Å². The van der Waals surface area contributed by atoms with Crippen molar-refractivity contribution in [3.8, 4) is 0 Å². The second-order valence-corrected chi connectivity index (χ2v) is 9.09. The highest BCUT2D eigenvalue weighted by molar-refractivity contribution is 7.92. The lowest BCUT2D eigenvalue weighted by Gasteiger charge is -2.19. The first-order valence-corrected chi connectivity index (χ1v) is 10.0. The smallest absolute Gasteiger partial charge is 0.263 e. The molecule has 0 unspecified atom stereocenters. The fraction of sp³-hybridized carbons (Fsp3) is 0.250. The number of rotatable bonds is 5. The molecule has 142 valence electrons. The van der Waals surface area contributed by atoms with Crippen LogP contribution in [0.3, 0.4) is 0 Å². The molecule has 0 saturated carbocycles. The summed E-state index contributed by atoms with van der Waals surface area (Å²) >= 11 is 0. The van der Waals surface area contributed by atoms with Gasteiger partial charge in [0.2, 0.25) is 0 Å². The first-order valence-electron chi connectivity index (χ1n) is 8.55. The fourth-order valence-corrected chi connectivity index (χ4v) is 3.65. The number of nitrogens with zero attached hydrogens (tertiary/aromatic N) is 2. The Kier molecular flexibility index (Phi) is 5.06. The van der Waals surface area contributed by atoms with Crippen LogP contribution in [-0.2, 0) is 22.0 Å². The minimum Gasteiger partial charge on any atom is -0.266 e. The van der Waals surface area contributed by atoms with Gasteiger partial charge in [-0.05, 0) is 40.8 Å². The predicted octanol–water partition coefficient (Wildman–Crippen LogP) is 4.17. The van der Waals surface area contributed by atoms with Crippen LogP contribution in [0.1, 0.15) is 31.9 Å². The summed E-state index contributed by atoms with van der Waals surface area (Å²) in [4.78, 5) is 0.176. The lowest BCUT2D eigenvalue weighted by molar-refractivity contribution is 0.587. The van der Waals surface area contributed by atoms with E-state index in [4.69, 9.17) is 0 Å². The summed E-state index contributed by atoms with van der Waals surface area (Å²) in [6.07, 6.45) is 1.64. The number of nitrogens with one attached hydrogen (secondary N) is 1. The highest BCUT2D eigenvalue weighted by Crippen LogP contribution is 2.24. The number of hydrogen-bond donors (Lipinski definition) is 1. The average molecular weight is 387 g/mol. The lowest BCUT2D eigenvalue weighted by atomic mass is 9.87. The van der Waals surface area contributed by atoms with Gasteiger partial charge in [-0.3, -0.25) is 9.40 Å². The Morgan fingerprint density at radius 1 is 1.07 bits per heavy atom. The molecule has 1 N–H and O–H groups in total. The number of sulfonamides is 1. The molecular formula is C20H22FN3O2S. The van der Waals surface area contributed by atoms with Crippen LogP contribution < -0.4 is 4.72 Å².